The molecule has 0 aromatic carbocycles. The van der Waals surface area contributed by atoms with E-state index in [1.54, 1.807) is 0 Å². The first kappa shape index (κ1) is 61.2. The highest BCUT2D eigenvalue weighted by Gasteiger charge is 2.57. The summed E-state index contributed by atoms with van der Waals surface area (Å²) in [6, 6.07) is -5.31. The van der Waals surface area contributed by atoms with E-state index in [4.69, 9.17) is 42.6 Å². The second-order valence-corrected chi connectivity index (χ2v) is 19.4. The van der Waals surface area contributed by atoms with E-state index in [-0.39, 0.29) is 0 Å². The van der Waals surface area contributed by atoms with Crippen LogP contribution in [0.5, 0.6) is 0 Å². The van der Waals surface area contributed by atoms with Crippen LogP contribution in [-0.4, -0.2) is 291 Å². The highest BCUT2D eigenvalue weighted by atomic mass is 32.3. The van der Waals surface area contributed by atoms with Gasteiger partial charge in [0.1, 0.15) is 122 Å². The Morgan fingerprint density at radius 1 is 0.411 bits per heavy atom. The van der Waals surface area contributed by atoms with Gasteiger partial charge in [-0.2, -0.15) is 16.8 Å². The molecule has 0 radical (unpaired) electrons. The molecular formula is C36H61N3O32S2. The van der Waals surface area contributed by atoms with Crippen LogP contribution in [0.1, 0.15) is 20.8 Å². The number of hydrogen-bond acceptors (Lipinski definition) is 30. The van der Waals surface area contributed by atoms with E-state index in [0.29, 0.717) is 0 Å². The molecule has 35 nitrogen and oxygen atoms in total. The topological polar surface area (TPSA) is 540 Å². The lowest BCUT2D eigenvalue weighted by molar-refractivity contribution is -0.379. The number of ether oxygens (including phenoxy) is 9. The lowest BCUT2D eigenvalue weighted by Crippen LogP contribution is -2.71. The molecule has 0 aromatic heterocycles. The molecule has 0 saturated carbocycles. The number of rotatable bonds is 20. The summed E-state index contributed by atoms with van der Waals surface area (Å²) in [6.45, 7) is -2.76. The molecule has 0 spiro atoms. The summed E-state index contributed by atoms with van der Waals surface area (Å²) >= 11 is 0. The third kappa shape index (κ3) is 15.3. The predicted octanol–water partition coefficient (Wildman–Crippen LogP) is -11.8. The van der Waals surface area contributed by atoms with Gasteiger partial charge in [-0.05, 0) is 0 Å². The van der Waals surface area contributed by atoms with Crippen molar-refractivity contribution in [3.8, 4) is 0 Å². The van der Waals surface area contributed by atoms with Crippen molar-refractivity contribution in [2.24, 2.45) is 0 Å². The summed E-state index contributed by atoms with van der Waals surface area (Å²) in [5.41, 5.74) is 0. The van der Waals surface area contributed by atoms with E-state index in [9.17, 15) is 102 Å². The van der Waals surface area contributed by atoms with Gasteiger partial charge in [0.05, 0.1) is 33.0 Å². The van der Waals surface area contributed by atoms with E-state index in [2.05, 4.69) is 24.3 Å². The summed E-state index contributed by atoms with van der Waals surface area (Å²) in [5.74, 6) is -2.61. The van der Waals surface area contributed by atoms with E-state index < -0.39 is 225 Å². The van der Waals surface area contributed by atoms with E-state index in [1.807, 2.05) is 0 Å². The van der Waals surface area contributed by atoms with Gasteiger partial charge in [-0.1, -0.05) is 0 Å². The SMILES string of the molecule is CC(=O)N[C@@H]1[C@@H](O[C@@H]2O[C@H](COS(=O)(=O)O)[C@@H](O[C@@H]3O[C@H](CO)[C@@H](O)[C@H](O[C@@H]4O[C@H](COS(=O)(=O)O)[C@@H](O[C@@H]5O[C@H](CO)[C@@H](O)[C@H](O)[C@H]5NC(C)=O)[C@H](O)[C@H]4O)[C@H]3NC(C)=O)[C@@H](O)[C@H]2O)[C@H](O)[C@@H](CO)O[C@H]1O. The Morgan fingerprint density at radius 3 is 1.14 bits per heavy atom. The first-order valence-corrected chi connectivity index (χ1v) is 24.6. The van der Waals surface area contributed by atoms with Crippen molar-refractivity contribution >= 4 is 38.5 Å². The molecule has 25 atom stereocenters. The molecule has 0 bridgehead atoms. The molecule has 0 aromatic rings. The Morgan fingerprint density at radius 2 is 0.740 bits per heavy atom. The van der Waals surface area contributed by atoms with Gasteiger partial charge < -0.3 is 120 Å². The van der Waals surface area contributed by atoms with Gasteiger partial charge in [-0.3, -0.25) is 23.5 Å². The molecule has 424 valence electrons. The van der Waals surface area contributed by atoms with E-state index in [0.717, 1.165) is 20.8 Å². The van der Waals surface area contributed by atoms with Crippen LogP contribution in [0.25, 0.3) is 0 Å². The van der Waals surface area contributed by atoms with Crippen molar-refractivity contribution < 1.29 is 153 Å². The van der Waals surface area contributed by atoms with Gasteiger partial charge in [0.15, 0.2) is 31.5 Å². The van der Waals surface area contributed by atoms with Crippen molar-refractivity contribution in [2.45, 2.75) is 174 Å². The molecule has 73 heavy (non-hydrogen) atoms. The standard InChI is InChI=1S/C36H61N3O32S2/c1-9(43)37-17-23(49)20(46)12(4-40)64-33(17)68-28-15(7-61-72(55,56)57)67-36(27(53)24(28)50)71-31-19(39-11(3)45)34(65-14(6-42)22(31)48)69-29-16(8-62-73(58,59)60)66-35(26(52)25(29)51)70-30-18(38-10(2)44)32(54)63-13(5-41)21(30)47/h12-36,40-42,46-54H,4-8H2,1-3H3,(H,37,43)(H,38,44)(H,39,45)(H,55,56,57)(H,58,59,60)/t12-,13-,14-,15-,16-,17-,18-,19-,20-,21-,22-,23-,24-,25+,26-,27-,28-,29-,30-,31-,32-,33+,34+,35+,36+/m1/s1. The number of amides is 3. The van der Waals surface area contributed by atoms with Crippen LogP contribution in [0.4, 0.5) is 0 Å². The van der Waals surface area contributed by atoms with Gasteiger partial charge in [-0.25, -0.2) is 8.37 Å². The minimum atomic E-state index is -5.37. The maximum absolute atomic E-state index is 12.8. The number of carbonyl (C=O) groups excluding carboxylic acids is 3. The Kier molecular flexibility index (Phi) is 21.5. The Balaban J connectivity index is 1.46. The number of aliphatic hydroxyl groups is 12. The average Bonchev–Trinajstić information content (AvgIpc) is 3.29. The molecule has 5 aliphatic rings. The highest BCUT2D eigenvalue weighted by Crippen LogP contribution is 2.36. The van der Waals surface area contributed by atoms with Crippen molar-refractivity contribution in [1.29, 1.82) is 0 Å². The van der Waals surface area contributed by atoms with E-state index >= 15 is 0 Å². The zero-order chi connectivity index (χ0) is 54.6. The lowest BCUT2D eigenvalue weighted by Gasteiger charge is -2.50. The van der Waals surface area contributed by atoms with Crippen molar-refractivity contribution in [1.82, 2.24) is 16.0 Å². The van der Waals surface area contributed by atoms with Crippen molar-refractivity contribution in [3.05, 3.63) is 0 Å². The zero-order valence-corrected chi connectivity index (χ0v) is 40.0. The number of carbonyl (C=O) groups is 3. The van der Waals surface area contributed by atoms with Crippen LogP contribution < -0.4 is 16.0 Å². The highest BCUT2D eigenvalue weighted by molar-refractivity contribution is 7.81. The van der Waals surface area contributed by atoms with Crippen LogP contribution in [-0.2, 0) is 86.2 Å². The summed E-state index contributed by atoms with van der Waals surface area (Å²) in [4.78, 5) is 36.8. The second-order valence-electron chi connectivity index (χ2n) is 17.2. The van der Waals surface area contributed by atoms with Crippen LogP contribution >= 0.6 is 0 Å². The van der Waals surface area contributed by atoms with Crippen LogP contribution in [0.15, 0.2) is 0 Å². The molecule has 5 fully saturated rings. The summed E-state index contributed by atoms with van der Waals surface area (Å²) in [5, 5.41) is 137. The third-order valence-electron chi connectivity index (χ3n) is 11.9. The molecule has 0 unspecified atom stereocenters. The van der Waals surface area contributed by atoms with Crippen LogP contribution in [0.2, 0.25) is 0 Å². The molecule has 3 amide bonds. The Labute approximate surface area is 413 Å². The molecule has 17 N–H and O–H groups in total. The third-order valence-corrected chi connectivity index (χ3v) is 12.8. The monoisotopic (exact) mass is 1110 g/mol. The Hall–Kier alpha value is -2.69. The predicted molar refractivity (Wildman–Crippen MR) is 222 cm³/mol. The summed E-state index contributed by atoms with van der Waals surface area (Å²) < 4.78 is 126. The fraction of sp³-hybridized carbons (Fsp3) is 0.917. The summed E-state index contributed by atoms with van der Waals surface area (Å²) in [6.07, 6.45) is -45.2. The maximum atomic E-state index is 12.8. The van der Waals surface area contributed by atoms with Gasteiger partial charge in [0, 0.05) is 20.8 Å². The summed E-state index contributed by atoms with van der Waals surface area (Å²) in [7, 11) is -10.7. The molecule has 5 heterocycles. The minimum Gasteiger partial charge on any atom is -0.394 e. The first-order chi connectivity index (χ1) is 34.0. The van der Waals surface area contributed by atoms with Crippen LogP contribution in [0.3, 0.4) is 0 Å². The fourth-order valence-corrected chi connectivity index (χ4v) is 9.13. The molecular weight excluding hydrogens is 1050 g/mol. The van der Waals surface area contributed by atoms with Gasteiger partial charge in [0.2, 0.25) is 17.7 Å². The molecule has 5 rings (SSSR count). The molecule has 0 aliphatic carbocycles. The van der Waals surface area contributed by atoms with Crippen molar-refractivity contribution in [2.75, 3.05) is 33.0 Å². The zero-order valence-electron chi connectivity index (χ0n) is 38.4. The van der Waals surface area contributed by atoms with E-state index in [1.165, 1.54) is 0 Å². The maximum Gasteiger partial charge on any atom is 0.397 e. The number of aliphatic hydroxyl groups excluding tert-OH is 12. The van der Waals surface area contributed by atoms with Gasteiger partial charge >= 0.3 is 20.8 Å². The molecule has 5 saturated heterocycles. The average molecular weight is 1110 g/mol. The molecule has 5 aliphatic heterocycles. The quantitative estimate of drug-likeness (QED) is 0.0503. The normalized spacial score (nSPS) is 43.7. The van der Waals surface area contributed by atoms with Crippen molar-refractivity contribution in [3.63, 3.8) is 0 Å². The van der Waals surface area contributed by atoms with Gasteiger partial charge in [0.25, 0.3) is 0 Å². The smallest absolute Gasteiger partial charge is 0.394 e. The largest absolute Gasteiger partial charge is 0.397 e. The lowest BCUT2D eigenvalue weighted by atomic mass is 9.94. The van der Waals surface area contributed by atoms with Crippen LogP contribution in [0, 0.1) is 0 Å². The first-order valence-electron chi connectivity index (χ1n) is 21.9. The van der Waals surface area contributed by atoms with Gasteiger partial charge in [-0.15, -0.1) is 0 Å². The second kappa shape index (κ2) is 25.6. The Bertz CT molecular complexity index is 2070. The number of hydrogen-bond donors (Lipinski definition) is 17. The molecule has 37 heteroatoms. The number of nitrogens with one attached hydrogen (secondary N) is 3. The fourth-order valence-electron chi connectivity index (χ4n) is 8.52. The minimum absolute atomic E-state index is 0.808.